The topological polar surface area (TPSA) is 302 Å². The molecule has 1 amide bonds. The lowest BCUT2D eigenvalue weighted by Crippen LogP contribution is -2.33. The number of nitrogens with two attached hydrogens (primary N) is 2. The Morgan fingerprint density at radius 2 is 1.80 bits per heavy atom. The van der Waals surface area contributed by atoms with E-state index in [1.54, 1.807) is 0 Å². The average molecular weight is 580 g/mol. The summed E-state index contributed by atoms with van der Waals surface area (Å²) in [5.74, 6) is -1.78. The fraction of sp³-hybridized carbons (Fsp3) is 0.500. The Balaban J connectivity index is 1.63. The second-order valence-electron chi connectivity index (χ2n) is 6.73. The van der Waals surface area contributed by atoms with Gasteiger partial charge in [-0.25, -0.2) is 28.6 Å². The number of phosphoric ester groups is 1. The molecule has 9 N–H and O–H groups in total. The minimum absolute atomic E-state index is 0.0381. The number of imidazole rings is 1. The van der Waals surface area contributed by atoms with Crippen molar-refractivity contribution in [3.8, 4) is 0 Å². The molecule has 35 heavy (non-hydrogen) atoms. The Morgan fingerprint density at radius 3 is 2.46 bits per heavy atom. The number of rotatable bonds is 11. The maximum absolute atomic E-state index is 12.0. The normalized spacial score (nSPS) is 27.8. The standard InChI is InChI=1S/C12H19N6O13P3S/c13-6(19)2-35-34(26,27)31-33(24,25)30-32(22,23)28-1-5-8(20)9(21)12(29-5)18-4-17-7-10(14)15-3-16-11(7)18/h3-5,8-9,12,20-21H,1-2H2,(H2,13,19)(H,22,23)(H,24,25)(H,26,27)(H2,14,15,16). The van der Waals surface area contributed by atoms with Crippen LogP contribution in [0.1, 0.15) is 6.23 Å². The first-order chi connectivity index (χ1) is 16.1. The van der Waals surface area contributed by atoms with E-state index >= 15 is 0 Å². The van der Waals surface area contributed by atoms with E-state index in [2.05, 4.69) is 28.1 Å². The van der Waals surface area contributed by atoms with E-state index in [1.165, 1.54) is 10.9 Å². The third kappa shape index (κ3) is 7.05. The molecule has 1 fully saturated rings. The van der Waals surface area contributed by atoms with Gasteiger partial charge in [0.2, 0.25) is 5.91 Å². The molecule has 0 saturated carbocycles. The molecule has 0 bridgehead atoms. The number of carbonyl (C=O) groups is 1. The Hall–Kier alpha value is -1.50. The number of nitrogen functional groups attached to an aromatic ring is 1. The van der Waals surface area contributed by atoms with Gasteiger partial charge in [-0.1, -0.05) is 0 Å². The quantitative estimate of drug-likeness (QED) is 0.150. The summed E-state index contributed by atoms with van der Waals surface area (Å²) in [6.45, 7) is -5.97. The number of carbonyl (C=O) groups excluding carboxylic acids is 1. The minimum atomic E-state index is -5.68. The van der Waals surface area contributed by atoms with E-state index in [1.807, 2.05) is 0 Å². The summed E-state index contributed by atoms with van der Waals surface area (Å²) in [5, 5.41) is 20.6. The van der Waals surface area contributed by atoms with Crippen molar-refractivity contribution in [1.29, 1.82) is 0 Å². The number of anilines is 1. The Bertz CT molecular complexity index is 1250. The highest BCUT2D eigenvalue weighted by Gasteiger charge is 2.47. The maximum atomic E-state index is 12.0. The molecule has 3 heterocycles. The van der Waals surface area contributed by atoms with Crippen molar-refractivity contribution >= 4 is 56.7 Å². The molecule has 2 aromatic heterocycles. The van der Waals surface area contributed by atoms with Crippen molar-refractivity contribution < 1.29 is 61.3 Å². The zero-order valence-corrected chi connectivity index (χ0v) is 20.6. The molecule has 196 valence electrons. The molecule has 1 aliphatic rings. The van der Waals surface area contributed by atoms with Gasteiger partial charge in [0.15, 0.2) is 17.7 Å². The molecular formula is C12H19N6O13P3S. The second-order valence-corrected chi connectivity index (χ2v) is 13.8. The van der Waals surface area contributed by atoms with Crippen LogP contribution in [0.5, 0.6) is 0 Å². The summed E-state index contributed by atoms with van der Waals surface area (Å²) in [5.41, 5.74) is 10.8. The van der Waals surface area contributed by atoms with Gasteiger partial charge in [0, 0.05) is 0 Å². The lowest BCUT2D eigenvalue weighted by atomic mass is 10.1. The van der Waals surface area contributed by atoms with Crippen LogP contribution < -0.4 is 11.5 Å². The zero-order valence-electron chi connectivity index (χ0n) is 17.1. The van der Waals surface area contributed by atoms with Crippen LogP contribution in [0.15, 0.2) is 12.7 Å². The number of amides is 1. The number of aromatic nitrogens is 4. The van der Waals surface area contributed by atoms with Crippen molar-refractivity contribution in [3.05, 3.63) is 12.7 Å². The molecule has 1 saturated heterocycles. The van der Waals surface area contributed by atoms with Gasteiger partial charge in [-0.15, -0.1) is 0 Å². The summed E-state index contributed by atoms with van der Waals surface area (Å²) in [4.78, 5) is 51.0. The Labute approximate surface area is 198 Å². The first-order valence-electron chi connectivity index (χ1n) is 9.04. The fourth-order valence-electron chi connectivity index (χ4n) is 2.79. The summed E-state index contributed by atoms with van der Waals surface area (Å²) >= 11 is -0.141. The largest absolute Gasteiger partial charge is 0.488 e. The van der Waals surface area contributed by atoms with Gasteiger partial charge in [-0.2, -0.15) is 8.62 Å². The minimum Gasteiger partial charge on any atom is -0.387 e. The third-order valence-corrected chi connectivity index (χ3v) is 10.7. The smallest absolute Gasteiger partial charge is 0.387 e. The number of nitrogens with zero attached hydrogens (tertiary/aromatic N) is 4. The second kappa shape index (κ2) is 10.5. The Morgan fingerprint density at radius 1 is 1.11 bits per heavy atom. The summed E-state index contributed by atoms with van der Waals surface area (Å²) in [6, 6.07) is 0. The van der Waals surface area contributed by atoms with E-state index in [0.717, 1.165) is 6.33 Å². The van der Waals surface area contributed by atoms with E-state index in [0.29, 0.717) is 0 Å². The summed E-state index contributed by atoms with van der Waals surface area (Å²) < 4.78 is 54.6. The molecule has 0 aliphatic carbocycles. The summed E-state index contributed by atoms with van der Waals surface area (Å²) in [7, 11) is -11.1. The van der Waals surface area contributed by atoms with Crippen LogP contribution in [0.3, 0.4) is 0 Å². The first kappa shape index (κ1) is 28.1. The van der Waals surface area contributed by atoms with E-state index in [4.69, 9.17) is 16.2 Å². The third-order valence-electron chi connectivity index (χ3n) is 4.18. The molecule has 7 atom stereocenters. The van der Waals surface area contributed by atoms with Gasteiger partial charge >= 0.3 is 22.4 Å². The van der Waals surface area contributed by atoms with Crippen molar-refractivity contribution in [2.75, 3.05) is 18.1 Å². The van der Waals surface area contributed by atoms with Crippen LogP contribution in [-0.4, -0.2) is 81.0 Å². The van der Waals surface area contributed by atoms with E-state index < -0.39 is 65.2 Å². The van der Waals surface area contributed by atoms with Crippen molar-refractivity contribution in [3.63, 3.8) is 0 Å². The fourth-order valence-corrected chi connectivity index (χ4v) is 8.32. The monoisotopic (exact) mass is 580 g/mol. The van der Waals surface area contributed by atoms with Gasteiger partial charge < -0.3 is 41.1 Å². The van der Waals surface area contributed by atoms with Crippen LogP contribution >= 0.6 is 33.8 Å². The highest BCUT2D eigenvalue weighted by molar-refractivity contribution is 8.55. The SMILES string of the molecule is NC(=O)CSP(=O)(O)OP(=O)(O)OP(=O)(O)OCC1OC(n2cnc3c(N)ncnc32)C(O)C1O. The van der Waals surface area contributed by atoms with Gasteiger partial charge in [0.25, 0.3) is 0 Å². The molecular weight excluding hydrogens is 561 g/mol. The lowest BCUT2D eigenvalue weighted by Gasteiger charge is -2.20. The highest BCUT2D eigenvalue weighted by Crippen LogP contribution is 2.71. The van der Waals surface area contributed by atoms with E-state index in [9.17, 15) is 43.4 Å². The maximum Gasteiger partial charge on any atom is 0.488 e. The number of hydrogen-bond donors (Lipinski definition) is 7. The predicted octanol–water partition coefficient (Wildman–Crippen LogP) is -1.40. The molecule has 0 spiro atoms. The van der Waals surface area contributed by atoms with Crippen molar-refractivity contribution in [1.82, 2.24) is 19.5 Å². The first-order valence-corrected chi connectivity index (χ1v) is 15.2. The van der Waals surface area contributed by atoms with Crippen LogP contribution in [0.25, 0.3) is 11.2 Å². The highest BCUT2D eigenvalue weighted by atomic mass is 32.7. The van der Waals surface area contributed by atoms with Crippen LogP contribution in [-0.2, 0) is 36.4 Å². The van der Waals surface area contributed by atoms with Gasteiger partial charge in [-0.05, 0) is 11.4 Å². The van der Waals surface area contributed by atoms with Crippen LogP contribution in [0, 0.1) is 0 Å². The number of aliphatic hydroxyl groups is 2. The molecule has 0 aromatic carbocycles. The Kier molecular flexibility index (Phi) is 8.40. The molecule has 7 unspecified atom stereocenters. The molecule has 3 rings (SSSR count). The van der Waals surface area contributed by atoms with Crippen LogP contribution in [0.2, 0.25) is 0 Å². The average Bonchev–Trinajstić information content (AvgIpc) is 3.26. The number of phosphoric acid groups is 2. The zero-order chi connectivity index (χ0) is 26.2. The molecule has 1 aliphatic heterocycles. The number of hydrogen-bond acceptors (Lipinski definition) is 15. The van der Waals surface area contributed by atoms with Gasteiger partial charge in [-0.3, -0.25) is 13.9 Å². The molecule has 0 radical (unpaired) electrons. The predicted molar refractivity (Wildman–Crippen MR) is 115 cm³/mol. The van der Waals surface area contributed by atoms with Crippen molar-refractivity contribution in [2.45, 2.75) is 24.5 Å². The number of primary amides is 1. The van der Waals surface area contributed by atoms with Gasteiger partial charge in [0.05, 0.1) is 18.7 Å². The molecule has 2 aromatic rings. The number of aliphatic hydroxyl groups excluding tert-OH is 2. The number of fused-ring (bicyclic) bond motifs is 1. The van der Waals surface area contributed by atoms with Crippen molar-refractivity contribution in [2.24, 2.45) is 5.73 Å². The lowest BCUT2D eigenvalue weighted by molar-refractivity contribution is -0.115. The number of ether oxygens (including phenoxy) is 1. The van der Waals surface area contributed by atoms with E-state index in [-0.39, 0.29) is 28.4 Å². The summed E-state index contributed by atoms with van der Waals surface area (Å²) in [6.07, 6.45) is -3.73. The van der Waals surface area contributed by atoms with Crippen LogP contribution in [0.4, 0.5) is 5.82 Å². The molecule has 19 nitrogen and oxygen atoms in total. The van der Waals surface area contributed by atoms with Gasteiger partial charge in [0.1, 0.15) is 30.2 Å². The molecule has 23 heteroatoms.